The summed E-state index contributed by atoms with van der Waals surface area (Å²) in [6, 6.07) is 7.00. The van der Waals surface area contributed by atoms with Gasteiger partial charge >= 0.3 is 13.7 Å². The highest BCUT2D eigenvalue weighted by atomic mass is 31.2. The first-order chi connectivity index (χ1) is 19.0. The number of fused-ring (bicyclic) bond motifs is 1. The Balaban J connectivity index is 1.60. The predicted octanol–water partition coefficient (Wildman–Crippen LogP) is 2.35. The number of nitrogens with two attached hydrogens (primary N) is 1. The molecular formula is C24H31FN7O7P. The van der Waals surface area contributed by atoms with Crippen molar-refractivity contribution in [1.29, 1.82) is 0 Å². The van der Waals surface area contributed by atoms with Gasteiger partial charge in [0.05, 0.1) is 19.5 Å². The molecule has 0 spiro atoms. The molecule has 0 unspecified atom stereocenters. The second kappa shape index (κ2) is 11.9. The number of aromatic nitrogens is 4. The van der Waals surface area contributed by atoms with Crippen LogP contribution in [0.5, 0.6) is 5.75 Å². The molecule has 1 fully saturated rings. The molecule has 1 saturated heterocycles. The number of ether oxygens (including phenoxy) is 2. The zero-order valence-electron chi connectivity index (χ0n) is 22.1. The lowest BCUT2D eigenvalue weighted by molar-refractivity contribution is -0.144. The number of rotatable bonds is 12. The fraction of sp³-hybridized carbons (Fsp3) is 0.417. The van der Waals surface area contributed by atoms with Crippen LogP contribution in [-0.2, 0) is 23.4 Å². The summed E-state index contributed by atoms with van der Waals surface area (Å²) in [4.78, 5) is 24.6. The van der Waals surface area contributed by atoms with E-state index in [0.717, 1.165) is 6.08 Å². The molecule has 216 valence electrons. The summed E-state index contributed by atoms with van der Waals surface area (Å²) in [6.45, 7) is 6.08. The molecule has 4 rings (SSSR count). The first kappa shape index (κ1) is 29.4. The van der Waals surface area contributed by atoms with Crippen molar-refractivity contribution in [2.75, 3.05) is 31.3 Å². The van der Waals surface area contributed by atoms with Gasteiger partial charge in [-0.15, -0.1) is 0 Å². The molecule has 5 N–H and O–H groups in total. The Morgan fingerprint density at radius 3 is 2.77 bits per heavy atom. The Labute approximate surface area is 229 Å². The highest BCUT2D eigenvalue weighted by molar-refractivity contribution is 7.52. The second-order valence-electron chi connectivity index (χ2n) is 8.81. The Morgan fingerprint density at radius 2 is 2.12 bits per heavy atom. The van der Waals surface area contributed by atoms with Crippen molar-refractivity contribution in [3.8, 4) is 5.75 Å². The molecule has 3 heterocycles. The molecule has 0 amide bonds. The minimum absolute atomic E-state index is 0.0964. The largest absolute Gasteiger partial charge is 0.465 e. The molecule has 0 bridgehead atoms. The number of halogens is 1. The highest BCUT2D eigenvalue weighted by Crippen LogP contribution is 2.48. The van der Waals surface area contributed by atoms with E-state index in [0.29, 0.717) is 11.3 Å². The number of alkyl halides is 1. The van der Waals surface area contributed by atoms with Crippen LogP contribution in [-0.4, -0.2) is 74.8 Å². The Morgan fingerprint density at radius 1 is 1.40 bits per heavy atom. The van der Waals surface area contributed by atoms with E-state index in [-0.39, 0.29) is 24.0 Å². The van der Waals surface area contributed by atoms with Crippen LogP contribution in [0.2, 0.25) is 0 Å². The van der Waals surface area contributed by atoms with E-state index in [1.807, 2.05) is 0 Å². The summed E-state index contributed by atoms with van der Waals surface area (Å²) in [6.07, 6.45) is -2.51. The van der Waals surface area contributed by atoms with Crippen LogP contribution in [0.3, 0.4) is 0 Å². The maximum atomic E-state index is 16.2. The zero-order valence-corrected chi connectivity index (χ0v) is 23.0. The van der Waals surface area contributed by atoms with E-state index in [1.54, 1.807) is 32.2 Å². The van der Waals surface area contributed by atoms with Gasteiger partial charge in [0.15, 0.2) is 23.2 Å². The Kier molecular flexibility index (Phi) is 8.71. The van der Waals surface area contributed by atoms with Gasteiger partial charge in [0, 0.05) is 7.05 Å². The van der Waals surface area contributed by atoms with Gasteiger partial charge in [-0.1, -0.05) is 24.8 Å². The van der Waals surface area contributed by atoms with Crippen LogP contribution in [0.25, 0.3) is 11.2 Å². The van der Waals surface area contributed by atoms with Crippen LogP contribution >= 0.6 is 7.75 Å². The Bertz CT molecular complexity index is 1410. The molecule has 0 radical (unpaired) electrons. The number of carbonyl (C=O) groups is 1. The molecule has 1 aliphatic rings. The lowest BCUT2D eigenvalue weighted by Crippen LogP contribution is -2.42. The van der Waals surface area contributed by atoms with Crippen LogP contribution in [0.15, 0.2) is 49.3 Å². The first-order valence-corrected chi connectivity index (χ1v) is 13.9. The van der Waals surface area contributed by atoms with E-state index in [2.05, 4.69) is 31.9 Å². The number of benzene rings is 1. The van der Waals surface area contributed by atoms with Gasteiger partial charge in [-0.3, -0.25) is 13.9 Å². The fourth-order valence-corrected chi connectivity index (χ4v) is 5.63. The van der Waals surface area contributed by atoms with Crippen LogP contribution < -0.4 is 20.7 Å². The average molecular weight is 580 g/mol. The van der Waals surface area contributed by atoms with Crippen molar-refractivity contribution in [2.45, 2.75) is 44.0 Å². The standard InChI is InChI=1S/C24H31FN7O7P/c1-5-24(25)18(33)16(38-22(24)32-13-28-17-19(27-4)29-23(26)30-20(17)32)12-37-40(35,31-14(3)21(34)36-6-2)39-15-10-8-7-9-11-15/h5,7-11,13-14,16,18,22,33H,1,6,12H2,2-4H3,(H,31,35)(H3,26,27,29,30)/t14-,16-,18-,22-,24-,40-/m1/s1. The third kappa shape index (κ3) is 5.78. The SMILES string of the molecule is C=C[C@@]1(F)[C@H](O)[C@@H](CO[P@](=O)(N[C@H](C)C(=O)OCC)Oc2ccccc2)O[C@H]1n1cnc2c(NC)nc(N)nc21. The highest BCUT2D eigenvalue weighted by Gasteiger charge is 2.57. The number of hydrogen-bond donors (Lipinski definition) is 4. The third-order valence-electron chi connectivity index (χ3n) is 6.10. The normalized spacial score (nSPS) is 24.8. The lowest BCUT2D eigenvalue weighted by atomic mass is 9.96. The number of nitrogens with zero attached hydrogens (tertiary/aromatic N) is 4. The number of nitrogens with one attached hydrogen (secondary N) is 2. The predicted molar refractivity (Wildman–Crippen MR) is 143 cm³/mol. The second-order valence-corrected chi connectivity index (χ2v) is 10.5. The molecule has 0 saturated carbocycles. The topological polar surface area (TPSA) is 185 Å². The van der Waals surface area contributed by atoms with Crippen molar-refractivity contribution in [3.05, 3.63) is 49.3 Å². The number of anilines is 2. The van der Waals surface area contributed by atoms with Gasteiger partial charge in [0.25, 0.3) is 0 Å². The fourth-order valence-electron chi connectivity index (χ4n) is 4.12. The Hall–Kier alpha value is -3.62. The maximum absolute atomic E-state index is 16.2. The van der Waals surface area contributed by atoms with Crippen molar-refractivity contribution in [3.63, 3.8) is 0 Å². The molecule has 1 aromatic carbocycles. The number of aliphatic hydroxyl groups is 1. The molecule has 3 aromatic rings. The molecule has 40 heavy (non-hydrogen) atoms. The number of esters is 1. The van der Waals surface area contributed by atoms with E-state index >= 15 is 4.39 Å². The maximum Gasteiger partial charge on any atom is 0.459 e. The first-order valence-electron chi connectivity index (χ1n) is 12.3. The summed E-state index contributed by atoms with van der Waals surface area (Å²) in [5.74, 6) is -0.304. The van der Waals surface area contributed by atoms with Gasteiger partial charge in [-0.05, 0) is 32.1 Å². The number of para-hydroxylation sites is 1. The van der Waals surface area contributed by atoms with Crippen molar-refractivity contribution < 1.29 is 37.4 Å². The molecule has 16 heteroatoms. The minimum atomic E-state index is -4.30. The van der Waals surface area contributed by atoms with Crippen molar-refractivity contribution >= 4 is 36.6 Å². The van der Waals surface area contributed by atoms with Crippen molar-refractivity contribution in [1.82, 2.24) is 24.6 Å². The van der Waals surface area contributed by atoms with Gasteiger partial charge < -0.3 is 30.2 Å². The van der Waals surface area contributed by atoms with E-state index < -0.39 is 50.5 Å². The number of carbonyl (C=O) groups excluding carboxylic acids is 1. The smallest absolute Gasteiger partial charge is 0.459 e. The summed E-state index contributed by atoms with van der Waals surface area (Å²) < 4.78 is 53.2. The molecule has 1 aliphatic heterocycles. The van der Waals surface area contributed by atoms with Crippen molar-refractivity contribution in [2.24, 2.45) is 0 Å². The minimum Gasteiger partial charge on any atom is -0.465 e. The van der Waals surface area contributed by atoms with Crippen LogP contribution in [0.1, 0.15) is 20.1 Å². The molecule has 0 aliphatic carbocycles. The van der Waals surface area contributed by atoms with Crippen LogP contribution in [0.4, 0.5) is 16.2 Å². The number of nitrogen functional groups attached to an aromatic ring is 1. The summed E-state index contributed by atoms with van der Waals surface area (Å²) in [7, 11) is -2.68. The van der Waals surface area contributed by atoms with Gasteiger partial charge in [0.1, 0.15) is 24.0 Å². The zero-order chi connectivity index (χ0) is 29.1. The summed E-state index contributed by atoms with van der Waals surface area (Å²) in [5, 5.41) is 16.3. The van der Waals surface area contributed by atoms with Crippen LogP contribution in [0, 0.1) is 0 Å². The van der Waals surface area contributed by atoms with E-state index in [1.165, 1.54) is 30.0 Å². The number of imidazole rings is 1. The number of hydrogen-bond acceptors (Lipinski definition) is 12. The quantitative estimate of drug-likeness (QED) is 0.139. The van der Waals surface area contributed by atoms with E-state index in [9.17, 15) is 14.5 Å². The summed E-state index contributed by atoms with van der Waals surface area (Å²) >= 11 is 0. The lowest BCUT2D eigenvalue weighted by Gasteiger charge is -2.26. The summed E-state index contributed by atoms with van der Waals surface area (Å²) in [5.41, 5.74) is 3.70. The third-order valence-corrected chi connectivity index (χ3v) is 7.74. The molecule has 14 nitrogen and oxygen atoms in total. The average Bonchev–Trinajstić information content (AvgIpc) is 3.46. The number of aliphatic hydroxyl groups excluding tert-OH is 1. The van der Waals surface area contributed by atoms with Gasteiger partial charge in [-0.25, -0.2) is 13.9 Å². The van der Waals surface area contributed by atoms with Gasteiger partial charge in [-0.2, -0.15) is 15.1 Å². The van der Waals surface area contributed by atoms with Gasteiger partial charge in [0.2, 0.25) is 11.6 Å². The molecular weight excluding hydrogens is 548 g/mol. The molecule has 6 atom stereocenters. The monoisotopic (exact) mass is 579 g/mol. The molecule has 2 aromatic heterocycles. The van der Waals surface area contributed by atoms with E-state index in [4.69, 9.17) is 24.3 Å².